The Morgan fingerprint density at radius 3 is 2.74 bits per heavy atom. The van der Waals surface area contributed by atoms with Gasteiger partial charge in [0.1, 0.15) is 0 Å². The third-order valence-electron chi connectivity index (χ3n) is 3.30. The number of aromatic carboxylic acids is 1. The third kappa shape index (κ3) is 2.58. The minimum Gasteiger partial charge on any atom is -0.478 e. The Morgan fingerprint density at radius 2 is 2.21 bits per heavy atom. The minimum atomic E-state index is -1.04. The summed E-state index contributed by atoms with van der Waals surface area (Å²) in [4.78, 5) is 24.7. The van der Waals surface area contributed by atoms with Crippen LogP contribution in [0.1, 0.15) is 36.5 Å². The fourth-order valence-corrected chi connectivity index (χ4v) is 3.05. The molecule has 0 radical (unpaired) electrons. The number of carboxylic acids is 1. The normalized spacial score (nSPS) is 19.6. The molecule has 1 fully saturated rings. The van der Waals surface area contributed by atoms with Crippen LogP contribution in [0.5, 0.6) is 0 Å². The molecule has 102 valence electrons. The number of halogens is 1. The van der Waals surface area contributed by atoms with Gasteiger partial charge in [-0.15, -0.1) is 0 Å². The molecule has 5 nitrogen and oxygen atoms in total. The third-order valence-corrected chi connectivity index (χ3v) is 3.91. The van der Waals surface area contributed by atoms with E-state index in [2.05, 4.69) is 15.9 Å². The van der Waals surface area contributed by atoms with Crippen molar-refractivity contribution in [2.75, 3.05) is 10.6 Å². The summed E-state index contributed by atoms with van der Waals surface area (Å²) in [5, 5.41) is 8.98. The van der Waals surface area contributed by atoms with E-state index in [0.29, 0.717) is 22.3 Å². The number of carboxylic acid groups (broad SMARTS) is 1. The number of rotatable bonds is 2. The summed E-state index contributed by atoms with van der Waals surface area (Å²) < 4.78 is 0.534. The molecule has 1 amide bonds. The highest BCUT2D eigenvalue weighted by Gasteiger charge is 2.29. The van der Waals surface area contributed by atoms with Crippen LogP contribution in [0.2, 0.25) is 0 Å². The van der Waals surface area contributed by atoms with Gasteiger partial charge in [-0.25, -0.2) is 4.79 Å². The van der Waals surface area contributed by atoms with Crippen LogP contribution < -0.4 is 10.6 Å². The van der Waals surface area contributed by atoms with Crippen LogP contribution in [-0.2, 0) is 4.79 Å². The molecule has 1 aliphatic rings. The summed E-state index contributed by atoms with van der Waals surface area (Å²) in [5.74, 6) is -1.02. The quantitative estimate of drug-likeness (QED) is 0.818. The van der Waals surface area contributed by atoms with Crippen molar-refractivity contribution in [1.82, 2.24) is 0 Å². The van der Waals surface area contributed by atoms with Crippen molar-refractivity contribution in [2.45, 2.75) is 32.2 Å². The van der Waals surface area contributed by atoms with Gasteiger partial charge in [-0.05, 0) is 47.8 Å². The lowest BCUT2D eigenvalue weighted by atomic mass is 10.0. The number of nitrogen functional groups attached to an aromatic ring is 1. The summed E-state index contributed by atoms with van der Waals surface area (Å²) in [6.07, 6.45) is 2.29. The molecular weight excluding hydrogens is 312 g/mol. The van der Waals surface area contributed by atoms with Crippen LogP contribution in [0.25, 0.3) is 0 Å². The largest absolute Gasteiger partial charge is 0.478 e. The van der Waals surface area contributed by atoms with E-state index in [1.165, 1.54) is 12.1 Å². The van der Waals surface area contributed by atoms with Gasteiger partial charge in [0.05, 0.1) is 16.9 Å². The number of nitrogens with two attached hydrogens (primary N) is 1. The maximum absolute atomic E-state index is 12.1. The van der Waals surface area contributed by atoms with Crippen molar-refractivity contribution in [1.29, 1.82) is 0 Å². The number of carbonyl (C=O) groups excluding carboxylic acids is 1. The van der Waals surface area contributed by atoms with Gasteiger partial charge in [0.25, 0.3) is 0 Å². The SMILES string of the molecule is C[C@@H]1CCCC(=O)N1c1c(N)cc(C(=O)O)cc1Br. The summed E-state index contributed by atoms with van der Waals surface area (Å²) in [7, 11) is 0. The Bertz CT molecular complexity index is 522. The maximum atomic E-state index is 12.1. The first-order chi connectivity index (χ1) is 8.91. The Kier molecular flexibility index (Phi) is 3.80. The van der Waals surface area contributed by atoms with Crippen molar-refractivity contribution in [3.05, 3.63) is 22.2 Å². The predicted octanol–water partition coefficient (Wildman–Crippen LogP) is 2.63. The molecule has 1 aromatic rings. The standard InChI is InChI=1S/C13H15BrN2O3/c1-7-3-2-4-11(17)16(7)12-9(14)5-8(13(18)19)6-10(12)15/h5-7H,2-4,15H2,1H3,(H,18,19)/t7-/m1/s1. The molecule has 19 heavy (non-hydrogen) atoms. The second-order valence-corrected chi connectivity index (χ2v) is 5.56. The van der Waals surface area contributed by atoms with E-state index >= 15 is 0 Å². The second-order valence-electron chi connectivity index (χ2n) is 4.71. The molecule has 1 aromatic carbocycles. The lowest BCUT2D eigenvalue weighted by Gasteiger charge is -2.34. The van der Waals surface area contributed by atoms with Crippen molar-refractivity contribution in [3.8, 4) is 0 Å². The van der Waals surface area contributed by atoms with Crippen molar-refractivity contribution in [3.63, 3.8) is 0 Å². The van der Waals surface area contributed by atoms with Crippen LogP contribution in [-0.4, -0.2) is 23.0 Å². The van der Waals surface area contributed by atoms with Crippen molar-refractivity contribution >= 4 is 39.2 Å². The van der Waals surface area contributed by atoms with Gasteiger partial charge in [0.15, 0.2) is 0 Å². The van der Waals surface area contributed by atoms with E-state index in [4.69, 9.17) is 10.8 Å². The van der Waals surface area contributed by atoms with Gasteiger partial charge >= 0.3 is 5.97 Å². The van der Waals surface area contributed by atoms with E-state index in [-0.39, 0.29) is 17.5 Å². The van der Waals surface area contributed by atoms with Crippen LogP contribution >= 0.6 is 15.9 Å². The molecule has 1 atom stereocenters. The fraction of sp³-hybridized carbons (Fsp3) is 0.385. The Morgan fingerprint density at radius 1 is 1.53 bits per heavy atom. The number of hydrogen-bond acceptors (Lipinski definition) is 3. The van der Waals surface area contributed by atoms with Gasteiger partial charge in [-0.2, -0.15) is 0 Å². The Labute approximate surface area is 119 Å². The molecule has 2 rings (SSSR count). The zero-order valence-corrected chi connectivity index (χ0v) is 12.1. The average molecular weight is 327 g/mol. The van der Waals surface area contributed by atoms with Crippen LogP contribution in [0.4, 0.5) is 11.4 Å². The smallest absolute Gasteiger partial charge is 0.335 e. The lowest BCUT2D eigenvalue weighted by Crippen LogP contribution is -2.42. The molecule has 6 heteroatoms. The van der Waals surface area contributed by atoms with Gasteiger partial charge < -0.3 is 15.7 Å². The van der Waals surface area contributed by atoms with Crippen LogP contribution in [0.15, 0.2) is 16.6 Å². The highest BCUT2D eigenvalue weighted by atomic mass is 79.9. The second kappa shape index (κ2) is 5.21. The van der Waals surface area contributed by atoms with E-state index in [9.17, 15) is 9.59 Å². The highest BCUT2D eigenvalue weighted by molar-refractivity contribution is 9.10. The van der Waals surface area contributed by atoms with Gasteiger partial charge in [0, 0.05) is 16.9 Å². The number of anilines is 2. The van der Waals surface area contributed by atoms with Crippen LogP contribution in [0, 0.1) is 0 Å². The first-order valence-electron chi connectivity index (χ1n) is 6.06. The first-order valence-corrected chi connectivity index (χ1v) is 6.85. The number of nitrogens with zero attached hydrogens (tertiary/aromatic N) is 1. The summed E-state index contributed by atoms with van der Waals surface area (Å²) in [6, 6.07) is 2.93. The zero-order chi connectivity index (χ0) is 14.2. The molecule has 3 N–H and O–H groups in total. The minimum absolute atomic E-state index is 0.0224. The summed E-state index contributed by atoms with van der Waals surface area (Å²) in [5.41, 5.74) is 6.90. The molecule has 1 heterocycles. The molecule has 0 aliphatic carbocycles. The molecule has 0 bridgehead atoms. The molecule has 0 saturated carbocycles. The van der Waals surface area contributed by atoms with Crippen molar-refractivity contribution in [2.24, 2.45) is 0 Å². The van der Waals surface area contributed by atoms with E-state index < -0.39 is 5.97 Å². The first kappa shape index (κ1) is 13.9. The monoisotopic (exact) mass is 326 g/mol. The number of hydrogen-bond donors (Lipinski definition) is 2. The summed E-state index contributed by atoms with van der Waals surface area (Å²) in [6.45, 7) is 1.97. The number of carbonyl (C=O) groups is 2. The molecule has 0 aromatic heterocycles. The Hall–Kier alpha value is -1.56. The van der Waals surface area contributed by atoms with Gasteiger partial charge in [-0.3, -0.25) is 4.79 Å². The number of amides is 1. The van der Waals surface area contributed by atoms with E-state index in [0.717, 1.165) is 12.8 Å². The fourth-order valence-electron chi connectivity index (χ4n) is 2.39. The summed E-state index contributed by atoms with van der Waals surface area (Å²) >= 11 is 3.32. The van der Waals surface area contributed by atoms with Gasteiger partial charge in [0.2, 0.25) is 5.91 Å². The number of benzene rings is 1. The predicted molar refractivity (Wildman–Crippen MR) is 76.3 cm³/mol. The molecule has 1 saturated heterocycles. The lowest BCUT2D eigenvalue weighted by molar-refractivity contribution is -0.120. The van der Waals surface area contributed by atoms with E-state index in [1.54, 1.807) is 4.90 Å². The Balaban J connectivity index is 2.50. The number of piperidine rings is 1. The zero-order valence-electron chi connectivity index (χ0n) is 10.5. The highest BCUT2D eigenvalue weighted by Crippen LogP contribution is 2.37. The molecule has 0 unspecified atom stereocenters. The topological polar surface area (TPSA) is 83.6 Å². The maximum Gasteiger partial charge on any atom is 0.335 e. The molecule has 1 aliphatic heterocycles. The molecule has 0 spiro atoms. The van der Waals surface area contributed by atoms with Crippen LogP contribution in [0.3, 0.4) is 0 Å². The van der Waals surface area contributed by atoms with Gasteiger partial charge in [-0.1, -0.05) is 0 Å². The average Bonchev–Trinajstić information content (AvgIpc) is 2.31. The molecular formula is C13H15BrN2O3. The van der Waals surface area contributed by atoms with E-state index in [1.807, 2.05) is 6.92 Å². The van der Waals surface area contributed by atoms with Crippen molar-refractivity contribution < 1.29 is 14.7 Å².